The Balaban J connectivity index is 1.49. The Hall–Kier alpha value is -1.07. The van der Waals surface area contributed by atoms with Crippen molar-refractivity contribution in [3.8, 4) is 0 Å². The highest BCUT2D eigenvalue weighted by molar-refractivity contribution is 7.10. The van der Waals surface area contributed by atoms with E-state index in [9.17, 15) is 4.79 Å². The molecule has 3 aliphatic rings. The van der Waals surface area contributed by atoms with Crippen LogP contribution < -0.4 is 0 Å². The summed E-state index contributed by atoms with van der Waals surface area (Å²) >= 11 is 1.89. The lowest BCUT2D eigenvalue weighted by Crippen LogP contribution is -2.50. The third kappa shape index (κ3) is 2.58. The Kier molecular flexibility index (Phi) is 3.34. The summed E-state index contributed by atoms with van der Waals surface area (Å²) in [6.07, 6.45) is 4.06. The number of carbonyl (C=O) groups is 1. The van der Waals surface area contributed by atoms with E-state index in [2.05, 4.69) is 11.4 Å². The molecule has 23 heavy (non-hydrogen) atoms. The number of amides is 1. The fourth-order valence-electron chi connectivity index (χ4n) is 3.81. The molecule has 3 heterocycles. The monoisotopic (exact) mass is 335 g/mol. The molecule has 0 atom stereocenters. The van der Waals surface area contributed by atoms with E-state index in [4.69, 9.17) is 9.47 Å². The molecule has 0 unspecified atom stereocenters. The zero-order chi connectivity index (χ0) is 16.3. The van der Waals surface area contributed by atoms with Crippen LogP contribution in [0.1, 0.15) is 56.9 Å². The molecule has 2 fully saturated rings. The van der Waals surface area contributed by atoms with Crippen LogP contribution in [-0.2, 0) is 20.5 Å². The Morgan fingerprint density at radius 2 is 1.96 bits per heavy atom. The zero-order valence-electron chi connectivity index (χ0n) is 14.2. The van der Waals surface area contributed by atoms with E-state index in [0.29, 0.717) is 18.5 Å². The quantitative estimate of drug-likeness (QED) is 0.718. The van der Waals surface area contributed by atoms with Crippen molar-refractivity contribution in [2.75, 3.05) is 19.7 Å². The number of piperidine rings is 1. The summed E-state index contributed by atoms with van der Waals surface area (Å²) in [5, 5.41) is 2.21. The van der Waals surface area contributed by atoms with Crippen molar-refractivity contribution in [1.82, 2.24) is 4.90 Å². The summed E-state index contributed by atoms with van der Waals surface area (Å²) in [6.45, 7) is 8.00. The summed E-state index contributed by atoms with van der Waals surface area (Å²) in [6, 6.07) is 2.25. The maximum atomic E-state index is 12.3. The number of carbonyl (C=O) groups excluding carboxylic acids is 1. The lowest BCUT2D eigenvalue weighted by Gasteiger charge is -2.46. The highest BCUT2D eigenvalue weighted by atomic mass is 32.1. The molecule has 4 nitrogen and oxygen atoms in total. The van der Waals surface area contributed by atoms with Crippen molar-refractivity contribution < 1.29 is 14.3 Å². The first-order chi connectivity index (χ1) is 10.8. The maximum Gasteiger partial charge on any atom is 0.410 e. The fraction of sp³-hybridized carbons (Fsp3) is 0.722. The second-order valence-electron chi connectivity index (χ2n) is 8.19. The molecule has 0 bridgehead atoms. The predicted octanol–water partition coefficient (Wildman–Crippen LogP) is 4.04. The van der Waals surface area contributed by atoms with Crippen molar-refractivity contribution in [3.05, 3.63) is 21.9 Å². The molecule has 1 aliphatic carbocycles. The SMILES string of the molecule is CC(C)(C)OC(=O)N1CCC2(CC1)OCC1(CC1)c1sccc12. The summed E-state index contributed by atoms with van der Waals surface area (Å²) in [7, 11) is 0. The largest absolute Gasteiger partial charge is 0.444 e. The average Bonchev–Trinajstić information content (AvgIpc) is 3.07. The van der Waals surface area contributed by atoms with Crippen molar-refractivity contribution in [1.29, 1.82) is 0 Å². The van der Waals surface area contributed by atoms with Crippen LogP contribution in [0.4, 0.5) is 4.79 Å². The van der Waals surface area contributed by atoms with E-state index < -0.39 is 5.60 Å². The van der Waals surface area contributed by atoms with Gasteiger partial charge >= 0.3 is 6.09 Å². The molecule has 1 amide bonds. The van der Waals surface area contributed by atoms with Crippen LogP contribution in [0.2, 0.25) is 0 Å². The van der Waals surface area contributed by atoms with Gasteiger partial charge in [-0.05, 0) is 63.5 Å². The minimum Gasteiger partial charge on any atom is -0.444 e. The van der Waals surface area contributed by atoms with Gasteiger partial charge < -0.3 is 14.4 Å². The predicted molar refractivity (Wildman–Crippen MR) is 89.9 cm³/mol. The molecule has 1 saturated carbocycles. The summed E-state index contributed by atoms with van der Waals surface area (Å²) in [5.74, 6) is 0. The Labute approximate surface area is 141 Å². The summed E-state index contributed by atoms with van der Waals surface area (Å²) in [5.41, 5.74) is 1.11. The average molecular weight is 335 g/mol. The Bertz CT molecular complexity index is 618. The Morgan fingerprint density at radius 3 is 2.57 bits per heavy atom. The number of likely N-dealkylation sites (tertiary alicyclic amines) is 1. The number of thiophene rings is 1. The Morgan fingerprint density at radius 1 is 1.26 bits per heavy atom. The van der Waals surface area contributed by atoms with Gasteiger partial charge in [0.05, 0.1) is 12.2 Å². The molecule has 1 saturated heterocycles. The lowest BCUT2D eigenvalue weighted by atomic mass is 9.79. The normalized spacial score (nSPS) is 24.6. The standard InChI is InChI=1S/C18H25NO3S/c1-16(2,3)22-15(20)19-9-7-18(8-10-19)13-4-11-23-14(13)17(5-6-17)12-21-18/h4,11H,5-10,12H2,1-3H3. The maximum absolute atomic E-state index is 12.3. The molecular formula is C18H25NO3S. The highest BCUT2D eigenvalue weighted by Gasteiger charge is 2.55. The van der Waals surface area contributed by atoms with Crippen LogP contribution in [0.3, 0.4) is 0 Å². The van der Waals surface area contributed by atoms with Gasteiger partial charge in [-0.1, -0.05) is 0 Å². The summed E-state index contributed by atoms with van der Waals surface area (Å²) in [4.78, 5) is 15.6. The van der Waals surface area contributed by atoms with Gasteiger partial charge in [0, 0.05) is 23.4 Å². The molecule has 5 heteroatoms. The molecular weight excluding hydrogens is 310 g/mol. The molecule has 4 rings (SSSR count). The number of hydrogen-bond acceptors (Lipinski definition) is 4. The second-order valence-corrected chi connectivity index (χ2v) is 9.11. The van der Waals surface area contributed by atoms with E-state index in [-0.39, 0.29) is 11.7 Å². The van der Waals surface area contributed by atoms with E-state index in [1.807, 2.05) is 37.0 Å². The number of fused-ring (bicyclic) bond motifs is 3. The first-order valence-corrected chi connectivity index (χ1v) is 9.42. The van der Waals surface area contributed by atoms with E-state index in [1.165, 1.54) is 18.4 Å². The van der Waals surface area contributed by atoms with Crippen LogP contribution in [0.15, 0.2) is 11.4 Å². The van der Waals surface area contributed by atoms with Crippen LogP contribution in [0.5, 0.6) is 0 Å². The van der Waals surface area contributed by atoms with Crippen LogP contribution in [-0.4, -0.2) is 36.3 Å². The van der Waals surface area contributed by atoms with Crippen LogP contribution >= 0.6 is 11.3 Å². The fourth-order valence-corrected chi connectivity index (χ4v) is 5.05. The molecule has 0 N–H and O–H groups in total. The number of ether oxygens (including phenoxy) is 2. The van der Waals surface area contributed by atoms with Crippen LogP contribution in [0, 0.1) is 0 Å². The smallest absolute Gasteiger partial charge is 0.410 e. The summed E-state index contributed by atoms with van der Waals surface area (Å²) < 4.78 is 11.9. The molecule has 2 aliphatic heterocycles. The number of rotatable bonds is 0. The third-order valence-electron chi connectivity index (χ3n) is 5.34. The van der Waals surface area contributed by atoms with Gasteiger partial charge in [-0.3, -0.25) is 0 Å². The molecule has 126 valence electrons. The van der Waals surface area contributed by atoms with Crippen molar-refractivity contribution in [2.45, 2.75) is 63.1 Å². The number of hydrogen-bond donors (Lipinski definition) is 0. The van der Waals surface area contributed by atoms with Gasteiger partial charge in [-0.2, -0.15) is 0 Å². The first kappa shape index (κ1) is 15.5. The van der Waals surface area contributed by atoms with Gasteiger partial charge in [-0.25, -0.2) is 4.79 Å². The van der Waals surface area contributed by atoms with Gasteiger partial charge in [-0.15, -0.1) is 11.3 Å². The molecule has 2 spiro atoms. The van der Waals surface area contributed by atoms with E-state index in [0.717, 1.165) is 19.4 Å². The lowest BCUT2D eigenvalue weighted by molar-refractivity contribution is -0.107. The van der Waals surface area contributed by atoms with Gasteiger partial charge in [0.2, 0.25) is 0 Å². The minimum absolute atomic E-state index is 0.179. The zero-order valence-corrected chi connectivity index (χ0v) is 15.0. The third-order valence-corrected chi connectivity index (χ3v) is 6.50. The van der Waals surface area contributed by atoms with E-state index in [1.54, 1.807) is 4.88 Å². The molecule has 0 aromatic carbocycles. The van der Waals surface area contributed by atoms with Crippen molar-refractivity contribution in [2.24, 2.45) is 0 Å². The first-order valence-electron chi connectivity index (χ1n) is 8.54. The van der Waals surface area contributed by atoms with Crippen molar-refractivity contribution in [3.63, 3.8) is 0 Å². The topological polar surface area (TPSA) is 38.8 Å². The van der Waals surface area contributed by atoms with Gasteiger partial charge in [0.1, 0.15) is 5.60 Å². The minimum atomic E-state index is -0.438. The van der Waals surface area contributed by atoms with Crippen molar-refractivity contribution >= 4 is 17.4 Å². The molecule has 1 aromatic heterocycles. The second kappa shape index (κ2) is 4.96. The van der Waals surface area contributed by atoms with E-state index >= 15 is 0 Å². The van der Waals surface area contributed by atoms with Gasteiger partial charge in [0.15, 0.2) is 0 Å². The van der Waals surface area contributed by atoms with Gasteiger partial charge in [0.25, 0.3) is 0 Å². The molecule has 0 radical (unpaired) electrons. The molecule has 1 aromatic rings. The highest BCUT2D eigenvalue weighted by Crippen LogP contribution is 2.58. The van der Waals surface area contributed by atoms with Crippen LogP contribution in [0.25, 0.3) is 0 Å². The number of nitrogens with zero attached hydrogens (tertiary/aromatic N) is 1.